The summed E-state index contributed by atoms with van der Waals surface area (Å²) < 4.78 is 82.0. The summed E-state index contributed by atoms with van der Waals surface area (Å²) in [6.07, 6.45) is 0. The van der Waals surface area contributed by atoms with Crippen molar-refractivity contribution in [3.8, 4) is 0 Å². The number of hydrogen-bond donors (Lipinski definition) is 2. The first-order valence-electron chi connectivity index (χ1n) is 1.87. The molecule has 0 amide bonds. The normalized spacial score (nSPS) is 10.5. The van der Waals surface area contributed by atoms with Gasteiger partial charge in [0.25, 0.3) is 0 Å². The fourth-order valence-electron chi connectivity index (χ4n) is 0.102. The Morgan fingerprint density at radius 2 is 1.07 bits per heavy atom. The Morgan fingerprint density at radius 1 is 0.933 bits per heavy atom. The van der Waals surface area contributed by atoms with Crippen molar-refractivity contribution < 1.29 is 125 Å². The van der Waals surface area contributed by atoms with E-state index in [-0.39, 0.29) is 59.1 Å². The van der Waals surface area contributed by atoms with Crippen molar-refractivity contribution in [3.05, 3.63) is 0 Å². The Kier molecular flexibility index (Phi) is 19.9. The van der Waals surface area contributed by atoms with Crippen LogP contribution in [0.25, 0.3) is 0 Å². The predicted molar refractivity (Wildman–Crippen MR) is 14.7 cm³/mol. The van der Waals surface area contributed by atoms with Crippen LogP contribution in [0.3, 0.4) is 0 Å². The van der Waals surface area contributed by atoms with Gasteiger partial charge in [0.05, 0.1) is 0 Å². The minimum absolute atomic E-state index is 0. The molecule has 15 heavy (non-hydrogen) atoms. The Morgan fingerprint density at radius 3 is 1.07 bits per heavy atom. The average Bonchev–Trinajstić information content (AvgIpc) is 1.47. The molecule has 0 aliphatic heterocycles. The standard InChI is InChI=1S/2Cr.2Na.H2O3Se.7O/c;;;;1-4(2)3;;;;;;;/h;;;;(H2,1,2,3);;;;;;;/q;;2*+1;;;;;;;2*-1. The van der Waals surface area contributed by atoms with Gasteiger partial charge in [-0.25, -0.2) is 0 Å². The van der Waals surface area contributed by atoms with Gasteiger partial charge >= 0.3 is 139 Å². The minimum atomic E-state index is -6.07. The molecule has 0 aromatic carbocycles. The summed E-state index contributed by atoms with van der Waals surface area (Å²) >= 11 is -15.4. The van der Waals surface area contributed by atoms with E-state index in [1.54, 1.807) is 0 Å². The van der Waals surface area contributed by atoms with Gasteiger partial charge in [-0.3, -0.25) is 0 Å². The van der Waals surface area contributed by atoms with Crippen LogP contribution >= 0.6 is 0 Å². The Labute approximate surface area is 137 Å². The monoisotopic (exact) mass is 392 g/mol. The van der Waals surface area contributed by atoms with E-state index in [1.807, 2.05) is 0 Å². The SMILES string of the molecule is O=[Se](O)O.[Na+].[Na+].[O]=[Cr](=[O])([O-])[O][Cr](=[O])(=[O])[O-]. The molecule has 0 spiro atoms. The van der Waals surface area contributed by atoms with Crippen LogP contribution in [0, 0.1) is 0 Å². The summed E-state index contributed by atoms with van der Waals surface area (Å²) in [5.74, 6) is 0. The van der Waals surface area contributed by atoms with E-state index in [0.29, 0.717) is 0 Å². The first-order valence-corrected chi connectivity index (χ1v) is 8.26. The first kappa shape index (κ1) is 26.1. The van der Waals surface area contributed by atoms with Crippen LogP contribution < -0.4 is 67.4 Å². The molecular formula is H2Cr2Na2O10Se. The van der Waals surface area contributed by atoms with Crippen LogP contribution in [0.1, 0.15) is 0 Å². The van der Waals surface area contributed by atoms with E-state index in [1.165, 1.54) is 0 Å². The maximum atomic E-state index is 9.38. The van der Waals surface area contributed by atoms with Gasteiger partial charge in [-0.1, -0.05) is 0 Å². The molecule has 0 heterocycles. The predicted octanol–water partition coefficient (Wildman–Crippen LogP) is -10.5. The summed E-state index contributed by atoms with van der Waals surface area (Å²) in [6, 6.07) is 0. The van der Waals surface area contributed by atoms with Crippen molar-refractivity contribution >= 4 is 14.5 Å². The van der Waals surface area contributed by atoms with Crippen LogP contribution in [-0.2, 0) is 49.1 Å². The molecule has 0 aromatic heterocycles. The zero-order valence-electron chi connectivity index (χ0n) is 7.39. The molecule has 82 valence electrons. The molecule has 0 unspecified atom stereocenters. The summed E-state index contributed by atoms with van der Waals surface area (Å²) in [5.41, 5.74) is 0. The second kappa shape index (κ2) is 11.5. The van der Waals surface area contributed by atoms with Gasteiger partial charge in [0, 0.05) is 0 Å². The second-order valence-corrected chi connectivity index (χ2v) is 5.72. The van der Waals surface area contributed by atoms with Crippen molar-refractivity contribution in [2.75, 3.05) is 0 Å². The molecule has 0 saturated carbocycles. The molecule has 0 radical (unpaired) electrons. The Hall–Kier alpha value is 2.38. The summed E-state index contributed by atoms with van der Waals surface area (Å²) in [7, 11) is 0. The zero-order valence-corrected chi connectivity index (χ0v) is 15.6. The van der Waals surface area contributed by atoms with E-state index in [4.69, 9.17) is 12.2 Å². The molecular weight excluding hydrogens is 389 g/mol. The van der Waals surface area contributed by atoms with E-state index in [9.17, 15) is 23.5 Å². The molecule has 0 rings (SSSR count). The third-order valence-electron chi connectivity index (χ3n) is 0.167. The molecule has 0 atom stereocenters. The summed E-state index contributed by atoms with van der Waals surface area (Å²) in [5, 5.41) is 0. The van der Waals surface area contributed by atoms with Crippen LogP contribution in [-0.4, -0.2) is 22.9 Å². The maximum absolute atomic E-state index is 9.38. The zero-order chi connectivity index (χ0) is 11.3. The van der Waals surface area contributed by atoms with Gasteiger partial charge in [0.1, 0.15) is 0 Å². The van der Waals surface area contributed by atoms with E-state index < -0.39 is 41.7 Å². The van der Waals surface area contributed by atoms with Crippen LogP contribution in [0.15, 0.2) is 0 Å². The second-order valence-electron chi connectivity index (χ2n) is 1.12. The molecule has 0 aliphatic carbocycles. The molecule has 2 N–H and O–H groups in total. The van der Waals surface area contributed by atoms with Gasteiger partial charge in [-0.05, 0) is 0 Å². The summed E-state index contributed by atoms with van der Waals surface area (Å²) in [4.78, 5) is 0. The van der Waals surface area contributed by atoms with Crippen molar-refractivity contribution in [1.29, 1.82) is 0 Å². The van der Waals surface area contributed by atoms with Crippen molar-refractivity contribution in [2.24, 2.45) is 0 Å². The fraction of sp³-hybridized carbons (Fsp3) is 0. The molecule has 0 saturated heterocycles. The Bertz CT molecular complexity index is 317. The van der Waals surface area contributed by atoms with Gasteiger partial charge < -0.3 is 0 Å². The van der Waals surface area contributed by atoms with Gasteiger partial charge in [-0.15, -0.1) is 0 Å². The quantitative estimate of drug-likeness (QED) is 0.429. The molecule has 15 heteroatoms. The van der Waals surface area contributed by atoms with Crippen LogP contribution in [0.4, 0.5) is 0 Å². The van der Waals surface area contributed by atoms with Gasteiger partial charge in [-0.2, -0.15) is 0 Å². The van der Waals surface area contributed by atoms with Crippen molar-refractivity contribution in [1.82, 2.24) is 0 Å². The molecule has 10 nitrogen and oxygen atoms in total. The van der Waals surface area contributed by atoms with Gasteiger partial charge in [0.15, 0.2) is 0 Å². The first-order chi connectivity index (χ1) is 5.44. The molecule has 0 bridgehead atoms. The van der Waals surface area contributed by atoms with Crippen LogP contribution in [0.5, 0.6) is 0 Å². The van der Waals surface area contributed by atoms with Crippen molar-refractivity contribution in [3.63, 3.8) is 0 Å². The fourth-order valence-corrected chi connectivity index (χ4v) is 1.74. The molecule has 0 aliphatic rings. The molecule has 0 aromatic rings. The van der Waals surface area contributed by atoms with Crippen LogP contribution in [0.2, 0.25) is 0 Å². The third-order valence-corrected chi connectivity index (χ3v) is 2.83. The molecule has 0 fully saturated rings. The van der Waals surface area contributed by atoms with Crippen molar-refractivity contribution in [2.45, 2.75) is 0 Å². The number of rotatable bonds is 2. The average molecular weight is 391 g/mol. The van der Waals surface area contributed by atoms with E-state index in [2.05, 4.69) is 2.84 Å². The topological polar surface area (TPSA) is 181 Å². The van der Waals surface area contributed by atoms with Gasteiger partial charge in [0.2, 0.25) is 0 Å². The Balaban J connectivity index is -0.0000000883. The van der Waals surface area contributed by atoms with E-state index in [0.717, 1.165) is 0 Å². The third kappa shape index (κ3) is 48.2. The summed E-state index contributed by atoms with van der Waals surface area (Å²) in [6.45, 7) is 0. The van der Waals surface area contributed by atoms with E-state index >= 15 is 0 Å². The number of hydrogen-bond acceptors (Lipinski definition) is 8.